The first-order valence-electron chi connectivity index (χ1n) is 6.64. The van der Waals surface area contributed by atoms with Crippen LogP contribution in [0.1, 0.15) is 10.4 Å². The number of carbonyl (C=O) groups is 1. The predicted molar refractivity (Wildman–Crippen MR) is 79.5 cm³/mol. The Morgan fingerprint density at radius 3 is 2.74 bits per heavy atom. The molecule has 7 heteroatoms. The molecule has 2 N–H and O–H groups in total. The Bertz CT molecular complexity index is 877. The summed E-state index contributed by atoms with van der Waals surface area (Å²) in [5.41, 5.74) is 0.298. The topological polar surface area (TPSA) is 67.2 Å². The number of benzene rings is 2. The number of anilines is 1. The number of hydrogen-bond acceptors (Lipinski definition) is 3. The second-order valence-corrected chi connectivity index (χ2v) is 4.74. The van der Waals surface area contributed by atoms with Crippen molar-refractivity contribution in [2.75, 3.05) is 5.32 Å². The summed E-state index contributed by atoms with van der Waals surface area (Å²) in [5, 5.41) is 16.0. The van der Waals surface area contributed by atoms with E-state index in [0.717, 1.165) is 18.2 Å². The first-order chi connectivity index (χ1) is 11.0. The first-order valence-corrected chi connectivity index (χ1v) is 6.64. The number of para-hydroxylation sites is 1. The maximum atomic E-state index is 13.7. The van der Waals surface area contributed by atoms with Crippen LogP contribution in [0, 0.1) is 11.6 Å². The van der Waals surface area contributed by atoms with Crippen molar-refractivity contribution in [3.8, 4) is 11.4 Å². The van der Waals surface area contributed by atoms with Gasteiger partial charge in [0, 0.05) is 0 Å². The molecule has 0 bridgehead atoms. The van der Waals surface area contributed by atoms with Crippen LogP contribution in [0.4, 0.5) is 14.5 Å². The summed E-state index contributed by atoms with van der Waals surface area (Å²) < 4.78 is 28.1. The number of phenolic OH excluding ortho intramolecular Hbond substituents is 1. The van der Waals surface area contributed by atoms with E-state index in [1.54, 1.807) is 12.1 Å². The summed E-state index contributed by atoms with van der Waals surface area (Å²) in [6.07, 6.45) is 2.73. The van der Waals surface area contributed by atoms with Crippen LogP contribution in [-0.2, 0) is 0 Å². The minimum atomic E-state index is -0.699. The van der Waals surface area contributed by atoms with Crippen molar-refractivity contribution in [1.29, 1.82) is 0 Å². The summed E-state index contributed by atoms with van der Waals surface area (Å²) in [6.45, 7) is 0. The van der Waals surface area contributed by atoms with E-state index in [2.05, 4.69) is 10.4 Å². The number of rotatable bonds is 3. The third-order valence-corrected chi connectivity index (χ3v) is 3.14. The van der Waals surface area contributed by atoms with Gasteiger partial charge in [-0.15, -0.1) is 0 Å². The van der Waals surface area contributed by atoms with Crippen LogP contribution in [0.15, 0.2) is 54.9 Å². The van der Waals surface area contributed by atoms with Crippen LogP contribution < -0.4 is 5.32 Å². The maximum absolute atomic E-state index is 13.7. The highest BCUT2D eigenvalue weighted by molar-refractivity contribution is 6.06. The number of halogens is 2. The SMILES string of the molecule is O=C(Nc1cnn(-c2ccccc2F)c1)c1cc(F)ccc1O. The molecule has 0 spiro atoms. The molecule has 1 amide bonds. The number of phenols is 1. The van der Waals surface area contributed by atoms with Crippen molar-refractivity contribution >= 4 is 11.6 Å². The molecule has 0 saturated heterocycles. The van der Waals surface area contributed by atoms with E-state index in [1.165, 1.54) is 29.2 Å². The molecule has 0 atom stereocenters. The molecule has 0 fully saturated rings. The molecule has 1 heterocycles. The number of aromatic nitrogens is 2. The van der Waals surface area contributed by atoms with Crippen LogP contribution in [0.2, 0.25) is 0 Å². The molecular formula is C16H11F2N3O2. The van der Waals surface area contributed by atoms with Gasteiger partial charge in [-0.25, -0.2) is 13.5 Å². The summed E-state index contributed by atoms with van der Waals surface area (Å²) >= 11 is 0. The molecule has 0 unspecified atom stereocenters. The molecule has 1 aromatic heterocycles. The molecule has 116 valence electrons. The molecule has 3 aromatic rings. The maximum Gasteiger partial charge on any atom is 0.259 e. The number of aromatic hydroxyl groups is 1. The van der Waals surface area contributed by atoms with Crippen LogP contribution in [0.5, 0.6) is 5.75 Å². The van der Waals surface area contributed by atoms with Gasteiger partial charge in [0.15, 0.2) is 0 Å². The normalized spacial score (nSPS) is 10.5. The Hall–Kier alpha value is -3.22. The summed E-state index contributed by atoms with van der Waals surface area (Å²) in [5.74, 6) is -2.15. The predicted octanol–water partition coefficient (Wildman–Crippen LogP) is 3.11. The molecule has 0 aliphatic rings. The van der Waals surface area contributed by atoms with Gasteiger partial charge in [0.25, 0.3) is 5.91 Å². The number of amides is 1. The van der Waals surface area contributed by atoms with Crippen molar-refractivity contribution in [1.82, 2.24) is 9.78 Å². The van der Waals surface area contributed by atoms with Gasteiger partial charge in [0.2, 0.25) is 0 Å². The molecule has 23 heavy (non-hydrogen) atoms. The third kappa shape index (κ3) is 3.03. The van der Waals surface area contributed by atoms with E-state index in [1.807, 2.05) is 0 Å². The van der Waals surface area contributed by atoms with Crippen molar-refractivity contribution in [3.05, 3.63) is 72.1 Å². The second-order valence-electron chi connectivity index (χ2n) is 4.74. The Kier molecular flexibility index (Phi) is 3.76. The monoisotopic (exact) mass is 315 g/mol. The van der Waals surface area contributed by atoms with Gasteiger partial charge < -0.3 is 10.4 Å². The highest BCUT2D eigenvalue weighted by Crippen LogP contribution is 2.20. The quantitative estimate of drug-likeness (QED) is 0.780. The standard InChI is InChI=1S/C16H11F2N3O2/c17-10-5-6-15(22)12(7-10)16(23)20-11-8-19-21(9-11)14-4-2-1-3-13(14)18/h1-9,22H,(H,20,23). The van der Waals surface area contributed by atoms with Gasteiger partial charge in [-0.3, -0.25) is 4.79 Å². The van der Waals surface area contributed by atoms with Gasteiger partial charge in [-0.1, -0.05) is 12.1 Å². The van der Waals surface area contributed by atoms with Gasteiger partial charge in [-0.05, 0) is 30.3 Å². The minimum absolute atomic E-state index is 0.205. The van der Waals surface area contributed by atoms with E-state index >= 15 is 0 Å². The Labute approximate surface area is 129 Å². The lowest BCUT2D eigenvalue weighted by molar-refractivity contribution is 0.102. The summed E-state index contributed by atoms with van der Waals surface area (Å²) in [6, 6.07) is 9.09. The van der Waals surface area contributed by atoms with Gasteiger partial charge in [0.1, 0.15) is 23.1 Å². The molecule has 3 rings (SSSR count). The fourth-order valence-corrected chi connectivity index (χ4v) is 2.05. The zero-order valence-corrected chi connectivity index (χ0v) is 11.7. The highest BCUT2D eigenvalue weighted by Gasteiger charge is 2.14. The van der Waals surface area contributed by atoms with Gasteiger partial charge >= 0.3 is 0 Å². The van der Waals surface area contributed by atoms with E-state index in [-0.39, 0.29) is 22.7 Å². The lowest BCUT2D eigenvalue weighted by Crippen LogP contribution is -2.12. The van der Waals surface area contributed by atoms with Crippen molar-refractivity contribution in [3.63, 3.8) is 0 Å². The number of hydrogen-bond donors (Lipinski definition) is 2. The molecular weight excluding hydrogens is 304 g/mol. The Balaban J connectivity index is 1.83. The molecule has 5 nitrogen and oxygen atoms in total. The molecule has 0 saturated carbocycles. The molecule has 0 aliphatic carbocycles. The van der Waals surface area contributed by atoms with E-state index in [0.29, 0.717) is 0 Å². The van der Waals surface area contributed by atoms with Crippen LogP contribution >= 0.6 is 0 Å². The molecule has 0 aliphatic heterocycles. The lowest BCUT2D eigenvalue weighted by Gasteiger charge is -2.05. The van der Waals surface area contributed by atoms with Gasteiger partial charge in [0.05, 0.1) is 23.6 Å². The first kappa shape index (κ1) is 14.7. The van der Waals surface area contributed by atoms with Crippen LogP contribution in [0.25, 0.3) is 5.69 Å². The van der Waals surface area contributed by atoms with E-state index in [9.17, 15) is 18.7 Å². The zero-order chi connectivity index (χ0) is 16.4. The number of nitrogens with zero attached hydrogens (tertiary/aromatic N) is 2. The minimum Gasteiger partial charge on any atom is -0.507 e. The average molecular weight is 315 g/mol. The van der Waals surface area contributed by atoms with Crippen molar-refractivity contribution < 1.29 is 18.7 Å². The van der Waals surface area contributed by atoms with E-state index < -0.39 is 17.5 Å². The van der Waals surface area contributed by atoms with Gasteiger partial charge in [-0.2, -0.15) is 5.10 Å². The Morgan fingerprint density at radius 2 is 1.96 bits per heavy atom. The lowest BCUT2D eigenvalue weighted by atomic mass is 10.2. The fourth-order valence-electron chi connectivity index (χ4n) is 2.05. The zero-order valence-electron chi connectivity index (χ0n) is 11.7. The van der Waals surface area contributed by atoms with Crippen molar-refractivity contribution in [2.24, 2.45) is 0 Å². The summed E-state index contributed by atoms with van der Waals surface area (Å²) in [7, 11) is 0. The largest absolute Gasteiger partial charge is 0.507 e. The molecule has 2 aromatic carbocycles. The van der Waals surface area contributed by atoms with E-state index in [4.69, 9.17) is 0 Å². The van der Waals surface area contributed by atoms with Crippen LogP contribution in [0.3, 0.4) is 0 Å². The number of nitrogens with one attached hydrogen (secondary N) is 1. The average Bonchev–Trinajstić information content (AvgIpc) is 2.98. The second kappa shape index (κ2) is 5.88. The van der Waals surface area contributed by atoms with Crippen LogP contribution in [-0.4, -0.2) is 20.8 Å². The highest BCUT2D eigenvalue weighted by atomic mass is 19.1. The third-order valence-electron chi connectivity index (χ3n) is 3.14. The molecule has 0 radical (unpaired) electrons. The van der Waals surface area contributed by atoms with Crippen molar-refractivity contribution in [2.45, 2.75) is 0 Å². The fraction of sp³-hybridized carbons (Fsp3) is 0. The smallest absolute Gasteiger partial charge is 0.259 e. The Morgan fingerprint density at radius 1 is 1.17 bits per heavy atom. The summed E-state index contributed by atoms with van der Waals surface area (Å²) in [4.78, 5) is 12.1. The number of carbonyl (C=O) groups excluding carboxylic acids is 1.